The predicted octanol–water partition coefficient (Wildman–Crippen LogP) is 6.09. The molecule has 4 nitrogen and oxygen atoms in total. The molecule has 3 aromatic carbocycles. The molecule has 0 amide bonds. The minimum absolute atomic E-state index is 0.389. The van der Waals surface area contributed by atoms with Crippen LogP contribution in [0, 0.1) is 18.3 Å². The number of hydrogen-bond donors (Lipinski definition) is 0. The smallest absolute Gasteiger partial charge is 0.225 e. The van der Waals surface area contributed by atoms with E-state index >= 15 is 0 Å². The van der Waals surface area contributed by atoms with Crippen molar-refractivity contribution in [3.8, 4) is 29.0 Å². The molecule has 31 heavy (non-hydrogen) atoms. The van der Waals surface area contributed by atoms with E-state index < -0.39 is 0 Å². The second-order valence-corrected chi connectivity index (χ2v) is 7.25. The van der Waals surface area contributed by atoms with Crippen LogP contribution in [-0.4, -0.2) is 4.98 Å². The lowest BCUT2D eigenvalue weighted by molar-refractivity contribution is 0.268. The van der Waals surface area contributed by atoms with E-state index in [4.69, 9.17) is 9.47 Å². The fourth-order valence-electron chi connectivity index (χ4n) is 3.29. The molecule has 0 saturated heterocycles. The van der Waals surface area contributed by atoms with Crippen molar-refractivity contribution in [3.05, 3.63) is 113 Å². The summed E-state index contributed by atoms with van der Waals surface area (Å²) in [6.07, 6.45) is 0. The van der Waals surface area contributed by atoms with Crippen LogP contribution in [0.5, 0.6) is 11.8 Å². The van der Waals surface area contributed by atoms with Crippen LogP contribution in [-0.2, 0) is 13.2 Å². The van der Waals surface area contributed by atoms with E-state index in [1.54, 1.807) is 0 Å². The number of nitrogens with zero attached hydrogens (tertiary/aromatic N) is 2. The molecular weight excluding hydrogens is 384 g/mol. The van der Waals surface area contributed by atoms with Crippen LogP contribution < -0.4 is 9.47 Å². The molecule has 0 radical (unpaired) electrons. The molecular formula is C27H22N2O2. The zero-order valence-corrected chi connectivity index (χ0v) is 17.3. The fourth-order valence-corrected chi connectivity index (χ4v) is 3.29. The van der Waals surface area contributed by atoms with E-state index in [2.05, 4.69) is 11.1 Å². The van der Waals surface area contributed by atoms with Crippen LogP contribution in [0.25, 0.3) is 11.1 Å². The van der Waals surface area contributed by atoms with E-state index in [9.17, 15) is 5.26 Å². The highest BCUT2D eigenvalue weighted by molar-refractivity contribution is 5.71. The van der Waals surface area contributed by atoms with Crippen LogP contribution in [0.3, 0.4) is 0 Å². The number of rotatable bonds is 7. The number of ether oxygens (including phenoxy) is 2. The topological polar surface area (TPSA) is 55.1 Å². The normalized spacial score (nSPS) is 10.3. The molecule has 0 aliphatic rings. The second kappa shape index (κ2) is 9.60. The van der Waals surface area contributed by atoms with Crippen LogP contribution in [0.15, 0.2) is 91.0 Å². The molecule has 0 unspecified atom stereocenters. The number of aryl methyl sites for hydroxylation is 1. The lowest BCUT2D eigenvalue weighted by Gasteiger charge is -2.14. The summed E-state index contributed by atoms with van der Waals surface area (Å²) in [6, 6.07) is 31.6. The molecule has 0 atom stereocenters. The maximum absolute atomic E-state index is 9.36. The quantitative estimate of drug-likeness (QED) is 0.373. The third kappa shape index (κ3) is 5.29. The Bertz CT molecular complexity index is 1200. The van der Waals surface area contributed by atoms with Gasteiger partial charge in [0.05, 0.1) is 11.6 Å². The Labute approximate surface area is 182 Å². The molecule has 152 valence electrons. The standard InChI is InChI=1S/C27H22N2O2/c1-20-14-23(17-28)16-24(15-20)25-12-13-26(30-18-21-8-4-2-5-9-21)29-27(25)31-19-22-10-6-3-7-11-22/h2-16H,18-19H2,1H3. The summed E-state index contributed by atoms with van der Waals surface area (Å²) in [5.41, 5.74) is 5.44. The highest BCUT2D eigenvalue weighted by Gasteiger charge is 2.13. The van der Waals surface area contributed by atoms with Gasteiger partial charge in [0.25, 0.3) is 0 Å². The van der Waals surface area contributed by atoms with Crippen molar-refractivity contribution in [2.75, 3.05) is 0 Å². The zero-order valence-electron chi connectivity index (χ0n) is 17.3. The Hall–Kier alpha value is -4.10. The van der Waals surface area contributed by atoms with Gasteiger partial charge >= 0.3 is 0 Å². The molecule has 1 aromatic heterocycles. The van der Waals surface area contributed by atoms with Crippen LogP contribution in [0.2, 0.25) is 0 Å². The van der Waals surface area contributed by atoms with Crippen LogP contribution in [0.1, 0.15) is 22.3 Å². The molecule has 1 heterocycles. The molecule has 0 bridgehead atoms. The molecule has 0 saturated carbocycles. The number of hydrogen-bond acceptors (Lipinski definition) is 4. The van der Waals surface area contributed by atoms with Crippen molar-refractivity contribution in [1.82, 2.24) is 4.98 Å². The molecule has 0 aliphatic heterocycles. The summed E-state index contributed by atoms with van der Waals surface area (Å²) in [6.45, 7) is 2.79. The van der Waals surface area contributed by atoms with Crippen LogP contribution in [0.4, 0.5) is 0 Å². The van der Waals surface area contributed by atoms with E-state index in [1.807, 2.05) is 97.9 Å². The maximum atomic E-state index is 9.36. The third-order valence-electron chi connectivity index (χ3n) is 4.80. The molecule has 4 aromatic rings. The Kier molecular flexibility index (Phi) is 6.25. The van der Waals surface area contributed by atoms with Gasteiger partial charge in [0.2, 0.25) is 11.8 Å². The van der Waals surface area contributed by atoms with Crippen molar-refractivity contribution in [3.63, 3.8) is 0 Å². The van der Waals surface area contributed by atoms with E-state index in [0.29, 0.717) is 30.5 Å². The summed E-state index contributed by atoms with van der Waals surface area (Å²) < 4.78 is 12.0. The van der Waals surface area contributed by atoms with E-state index in [1.165, 1.54) is 0 Å². The summed E-state index contributed by atoms with van der Waals surface area (Å²) in [5, 5.41) is 9.36. The first-order chi connectivity index (χ1) is 15.2. The first-order valence-electron chi connectivity index (χ1n) is 10.1. The molecule has 0 aliphatic carbocycles. The van der Waals surface area contributed by atoms with Gasteiger partial charge in [-0.1, -0.05) is 66.7 Å². The fraction of sp³-hybridized carbons (Fsp3) is 0.111. The number of aromatic nitrogens is 1. The number of benzene rings is 3. The maximum Gasteiger partial charge on any atom is 0.225 e. The Morgan fingerprint density at radius 3 is 2.06 bits per heavy atom. The number of pyridine rings is 1. The predicted molar refractivity (Wildman–Crippen MR) is 121 cm³/mol. The Morgan fingerprint density at radius 2 is 1.42 bits per heavy atom. The van der Waals surface area contributed by atoms with Gasteiger partial charge < -0.3 is 9.47 Å². The summed E-state index contributed by atoms with van der Waals surface area (Å²) in [5.74, 6) is 0.965. The average molecular weight is 406 g/mol. The average Bonchev–Trinajstić information content (AvgIpc) is 2.82. The zero-order chi connectivity index (χ0) is 21.5. The van der Waals surface area contributed by atoms with Crippen LogP contribution >= 0.6 is 0 Å². The SMILES string of the molecule is Cc1cc(C#N)cc(-c2ccc(OCc3ccccc3)nc2OCc2ccccc2)c1. The van der Waals surface area contributed by atoms with Gasteiger partial charge in [0.1, 0.15) is 13.2 Å². The van der Waals surface area contributed by atoms with Crippen molar-refractivity contribution < 1.29 is 9.47 Å². The molecule has 4 rings (SSSR count). The summed E-state index contributed by atoms with van der Waals surface area (Å²) in [7, 11) is 0. The van der Waals surface area contributed by atoms with Crippen molar-refractivity contribution in [1.29, 1.82) is 5.26 Å². The Morgan fingerprint density at radius 1 is 0.774 bits per heavy atom. The van der Waals surface area contributed by atoms with Crippen molar-refractivity contribution in [2.45, 2.75) is 20.1 Å². The van der Waals surface area contributed by atoms with Gasteiger partial charge in [-0.25, -0.2) is 0 Å². The second-order valence-electron chi connectivity index (χ2n) is 7.25. The minimum Gasteiger partial charge on any atom is -0.473 e. The Balaban J connectivity index is 1.64. The van der Waals surface area contributed by atoms with Gasteiger partial charge in [0.15, 0.2) is 0 Å². The lowest BCUT2D eigenvalue weighted by Crippen LogP contribution is -2.02. The number of nitriles is 1. The summed E-state index contributed by atoms with van der Waals surface area (Å²) >= 11 is 0. The lowest BCUT2D eigenvalue weighted by atomic mass is 10.0. The van der Waals surface area contributed by atoms with Crippen molar-refractivity contribution >= 4 is 0 Å². The van der Waals surface area contributed by atoms with Gasteiger partial charge in [-0.15, -0.1) is 0 Å². The summed E-state index contributed by atoms with van der Waals surface area (Å²) in [4.78, 5) is 4.64. The highest BCUT2D eigenvalue weighted by Crippen LogP contribution is 2.32. The monoisotopic (exact) mass is 406 g/mol. The van der Waals surface area contributed by atoms with Crippen molar-refractivity contribution in [2.24, 2.45) is 0 Å². The van der Waals surface area contributed by atoms with Gasteiger partial charge in [-0.05, 0) is 47.4 Å². The molecule has 0 spiro atoms. The van der Waals surface area contributed by atoms with Gasteiger partial charge in [-0.2, -0.15) is 10.2 Å². The molecule has 0 N–H and O–H groups in total. The van der Waals surface area contributed by atoms with Gasteiger partial charge in [0, 0.05) is 11.6 Å². The molecule has 4 heteroatoms. The molecule has 0 fully saturated rings. The van der Waals surface area contributed by atoms with Gasteiger partial charge in [-0.3, -0.25) is 0 Å². The minimum atomic E-state index is 0.389. The first-order valence-corrected chi connectivity index (χ1v) is 10.1. The third-order valence-corrected chi connectivity index (χ3v) is 4.80. The highest BCUT2D eigenvalue weighted by atomic mass is 16.5. The van der Waals surface area contributed by atoms with E-state index in [0.717, 1.165) is 27.8 Å². The first kappa shape index (κ1) is 20.2. The largest absolute Gasteiger partial charge is 0.473 e. The van der Waals surface area contributed by atoms with E-state index in [-0.39, 0.29) is 0 Å².